The summed E-state index contributed by atoms with van der Waals surface area (Å²) in [5, 5.41) is 4.39. The van der Waals surface area contributed by atoms with E-state index >= 15 is 0 Å². The summed E-state index contributed by atoms with van der Waals surface area (Å²) < 4.78 is -0.511. The minimum absolute atomic E-state index is 0.0851. The lowest BCUT2D eigenvalue weighted by molar-refractivity contribution is 0.305. The number of nitrogens with one attached hydrogen (secondary N) is 1. The van der Waals surface area contributed by atoms with Crippen molar-refractivity contribution in [2.75, 3.05) is 0 Å². The van der Waals surface area contributed by atoms with Crippen LogP contribution in [-0.2, 0) is 0 Å². The molecule has 0 fully saturated rings. The fourth-order valence-electron chi connectivity index (χ4n) is 1.67. The van der Waals surface area contributed by atoms with Gasteiger partial charge in [-0.05, 0) is 0 Å². The third kappa shape index (κ3) is 10.1. The molecule has 1 nitrogen and oxygen atoms in total. The Hall–Kier alpha value is 13.1. The highest BCUT2D eigenvalue weighted by molar-refractivity contribution is 14.3. The molecule has 0 rings (SSSR count). The second kappa shape index (κ2) is 14.7. The quantitative estimate of drug-likeness (QED) is 0.189. The van der Waals surface area contributed by atoms with E-state index in [1.807, 2.05) is 0 Å². The van der Waals surface area contributed by atoms with E-state index in [4.69, 9.17) is 0 Å². The number of hydrogen-bond acceptors (Lipinski definition) is 1. The van der Waals surface area contributed by atoms with Crippen LogP contribution < -0.4 is 5.32 Å². The lowest BCUT2D eigenvalue weighted by Crippen LogP contribution is -2.82. The van der Waals surface area contributed by atoms with Crippen LogP contribution in [0.15, 0.2) is 0 Å². The van der Waals surface area contributed by atoms with Crippen molar-refractivity contribution in [2.24, 2.45) is 0 Å². The zero-order valence-corrected chi connectivity index (χ0v) is 50.1. The molecule has 0 aromatic rings. The molecule has 0 aliphatic rings. The standard InChI is InChI=1S/C8HI18N/c9-3(10,11)1(4(12,13)14,5(15,16)17)27-2(6(18,19)20,7(21,22)23)8(24,25)26/h27H. The maximum Gasteiger partial charge on any atom is 0.148 e. The molecule has 0 aliphatic heterocycles. The Labute approximate surface area is 406 Å². The predicted molar refractivity (Wildman–Crippen MR) is 277 cm³/mol. The molecule has 0 aliphatic carbocycles. The third-order valence-corrected chi connectivity index (χ3v) is 17.5. The van der Waals surface area contributed by atoms with Crippen LogP contribution in [0.5, 0.6) is 0 Å². The first kappa shape index (κ1) is 40.1. The predicted octanol–water partition coefficient (Wildman–Crippen LogP) is 13.8. The first-order valence-corrected chi connectivity index (χ1v) is 24.8. The van der Waals surface area contributed by atoms with Crippen LogP contribution in [-0.4, -0.2) is 7.69 Å². The molecule has 0 radical (unpaired) electrons. The molecule has 0 atom stereocenters. The van der Waals surface area contributed by atoms with Gasteiger partial charge < -0.3 is 0 Å². The van der Waals surface area contributed by atoms with E-state index in [2.05, 4.69) is 412 Å². The largest absolute Gasteiger partial charge is 0.290 e. The van der Waals surface area contributed by atoms with E-state index in [1.165, 1.54) is 0 Å². The topological polar surface area (TPSA) is 12.0 Å². The van der Waals surface area contributed by atoms with Crippen molar-refractivity contribution in [1.82, 2.24) is 5.32 Å². The van der Waals surface area contributed by atoms with Gasteiger partial charge in [-0.15, -0.1) is 0 Å². The molecule has 164 valence electrons. The number of alkyl halides is 18. The van der Waals surface area contributed by atoms with Gasteiger partial charge >= 0.3 is 0 Å². The van der Waals surface area contributed by atoms with Crippen molar-refractivity contribution in [2.45, 2.75) is 7.69 Å². The van der Waals surface area contributed by atoms with E-state index in [0.717, 1.165) is 0 Å². The minimum atomic E-state index is -0.246. The van der Waals surface area contributed by atoms with Crippen molar-refractivity contribution >= 4 is 407 Å². The fraction of sp³-hybridized carbons (Fsp3) is 1.00. The summed E-state index contributed by atoms with van der Waals surface area (Å²) in [7, 11) is 0. The molecule has 0 aromatic carbocycles. The first-order chi connectivity index (χ1) is 11.2. The van der Waals surface area contributed by atoms with Crippen LogP contribution in [0.3, 0.4) is 0 Å². The van der Waals surface area contributed by atoms with Gasteiger partial charge in [0.25, 0.3) is 0 Å². The molecule has 0 heterocycles. The molecule has 0 amide bonds. The van der Waals surface area contributed by atoms with Crippen molar-refractivity contribution in [1.29, 1.82) is 0 Å². The highest BCUT2D eigenvalue weighted by Gasteiger charge is 2.76. The monoisotopic (exact) mass is 2400 g/mol. The van der Waals surface area contributed by atoms with Crippen molar-refractivity contribution in [3.8, 4) is 0 Å². The molecule has 0 saturated heterocycles. The van der Waals surface area contributed by atoms with E-state index in [0.29, 0.717) is 0 Å². The third-order valence-electron chi connectivity index (χ3n) is 2.93. The van der Waals surface area contributed by atoms with Gasteiger partial charge in [0.15, 0.2) is 0 Å². The summed E-state index contributed by atoms with van der Waals surface area (Å²) >= 11 is 47.3. The Kier molecular flexibility index (Phi) is 21.9. The van der Waals surface area contributed by atoms with Crippen LogP contribution in [0, 0.1) is 0 Å². The number of halogens is 18. The van der Waals surface area contributed by atoms with Gasteiger partial charge in [0, 0.05) is 0 Å². The number of rotatable bonds is 8. The summed E-state index contributed by atoms with van der Waals surface area (Å²) in [5.41, 5.74) is -0.491. The van der Waals surface area contributed by atoms with E-state index < -0.39 is 0 Å². The number of hydrogen-bond donors (Lipinski definition) is 1. The molecule has 27 heavy (non-hydrogen) atoms. The SMILES string of the molecule is IC(I)(I)C(NC(C(I)(I)I)(C(I)(I)I)C(I)(I)I)(C(I)(I)I)C(I)(I)I. The summed E-state index contributed by atoms with van der Waals surface area (Å²) in [6, 6.07) is 0. The summed E-state index contributed by atoms with van der Waals surface area (Å²) in [4.78, 5) is 0. The second-order valence-corrected chi connectivity index (χ2v) is 70.9. The average Bonchev–Trinajstić information content (AvgIpc) is 2.16. The summed E-state index contributed by atoms with van der Waals surface area (Å²) in [6.07, 6.45) is 0. The first-order valence-electron chi connectivity index (χ1n) is 5.40. The second-order valence-electron chi connectivity index (χ2n) is 4.61. The van der Waals surface area contributed by atoms with Crippen LogP contribution in [0.1, 0.15) is 0 Å². The summed E-state index contributed by atoms with van der Waals surface area (Å²) in [5.74, 6) is 0. The zero-order chi connectivity index (χ0) is 22.7. The van der Waals surface area contributed by atoms with Gasteiger partial charge in [-0.25, -0.2) is 0 Å². The lowest BCUT2D eigenvalue weighted by Gasteiger charge is -2.62. The van der Waals surface area contributed by atoms with Crippen molar-refractivity contribution in [3.63, 3.8) is 0 Å². The molecule has 0 spiro atoms. The molecular formula is C8HI18N. The van der Waals surface area contributed by atoms with Gasteiger partial charge in [0.1, 0.15) is 7.69 Å². The molecule has 0 unspecified atom stereocenters. The molecular weight excluding hydrogens is 2390 g/mol. The Morgan fingerprint density at radius 1 is 0.259 bits per heavy atom. The van der Waals surface area contributed by atoms with Gasteiger partial charge in [0.05, 0.1) is 0 Å². The Balaban J connectivity index is 7.45. The smallest absolute Gasteiger partial charge is 0.148 e. The Bertz CT molecular complexity index is 398. The van der Waals surface area contributed by atoms with Crippen molar-refractivity contribution < 1.29 is 0 Å². The Morgan fingerprint density at radius 3 is 0.444 bits per heavy atom. The van der Waals surface area contributed by atoms with Crippen LogP contribution in [0.4, 0.5) is 0 Å². The van der Waals surface area contributed by atoms with Crippen LogP contribution in [0.2, 0.25) is 0 Å². The molecule has 19 heteroatoms. The highest BCUT2D eigenvalue weighted by atomic mass is 127. The zero-order valence-electron chi connectivity index (χ0n) is 11.3. The van der Waals surface area contributed by atoms with E-state index in [9.17, 15) is 0 Å². The van der Waals surface area contributed by atoms with Gasteiger partial charge in [-0.1, -0.05) is 407 Å². The Morgan fingerprint density at radius 2 is 0.370 bits per heavy atom. The average molecular weight is 2400 g/mol. The minimum Gasteiger partial charge on any atom is -0.290 e. The summed E-state index contributed by atoms with van der Waals surface area (Å²) in [6.45, 7) is 0. The van der Waals surface area contributed by atoms with E-state index in [1.54, 1.807) is 0 Å². The van der Waals surface area contributed by atoms with Crippen molar-refractivity contribution in [3.05, 3.63) is 0 Å². The highest BCUT2D eigenvalue weighted by Crippen LogP contribution is 2.74. The maximum absolute atomic E-state index is 4.39. The molecule has 0 bridgehead atoms. The molecule has 0 saturated carbocycles. The molecule has 1 N–H and O–H groups in total. The fourth-order valence-corrected chi connectivity index (χ4v) is 46.5. The van der Waals surface area contributed by atoms with Gasteiger partial charge in [-0.3, -0.25) is 5.32 Å². The van der Waals surface area contributed by atoms with Gasteiger partial charge in [-0.2, -0.15) is 0 Å². The van der Waals surface area contributed by atoms with Gasteiger partial charge in [0.2, 0.25) is 0 Å². The van der Waals surface area contributed by atoms with E-state index in [-0.39, 0.29) is 7.69 Å². The molecule has 0 aromatic heterocycles. The maximum atomic E-state index is 4.39. The van der Waals surface area contributed by atoms with Crippen LogP contribution in [0.25, 0.3) is 0 Å². The van der Waals surface area contributed by atoms with Crippen LogP contribution >= 0.6 is 407 Å². The normalized spacial score (nSPS) is 16.7. The lowest BCUT2D eigenvalue weighted by atomic mass is 10.0.